The van der Waals surface area contributed by atoms with E-state index >= 15 is 0 Å². The van der Waals surface area contributed by atoms with E-state index in [1.165, 1.54) is 24.3 Å². The number of hydrogen-bond donors (Lipinski definition) is 0. The van der Waals surface area contributed by atoms with Crippen molar-refractivity contribution in [2.45, 2.75) is 0 Å². The highest BCUT2D eigenvalue weighted by atomic mass is 19.1. The van der Waals surface area contributed by atoms with Crippen LogP contribution in [-0.4, -0.2) is 0 Å². The quantitative estimate of drug-likeness (QED) is 0.130. The molecule has 0 aliphatic rings. The van der Waals surface area contributed by atoms with Gasteiger partial charge in [-0.25, -0.2) is 8.78 Å². The topological polar surface area (TPSA) is 52.9 Å². The Bertz CT molecular complexity index is 2180. The summed E-state index contributed by atoms with van der Waals surface area (Å²) in [5.41, 5.74) is 3.50. The van der Waals surface area contributed by atoms with Gasteiger partial charge in [0.2, 0.25) is 6.19 Å². The fourth-order valence-electron chi connectivity index (χ4n) is 5.65. The second-order valence-corrected chi connectivity index (χ2v) is 9.59. The number of fused-ring (bicyclic) bond motifs is 6. The Labute approximate surface area is 226 Å². The maximum absolute atomic E-state index is 13.5. The molecule has 0 fully saturated rings. The first-order chi connectivity index (χ1) is 19.6. The predicted octanol–water partition coefficient (Wildman–Crippen LogP) is 7.90. The minimum Gasteiger partial charge on any atom is -0.207 e. The normalized spacial score (nSPS) is 12.5. The standard InChI is InChI=1S/C34H16F2N4/c1-38-40-34-30-15-22(20-4-10-24(36)11-5-20)7-13-26(30)28-16-31-27(17-32(28)34)25-12-6-21(14-29(25)33(31)39-18-37)19-2-8-23(35)9-3-19/h2-17H/b39-33?,40-34-. The molecule has 0 bridgehead atoms. The molecule has 7 aromatic carbocycles. The molecule has 0 atom stereocenters. The molecule has 0 spiro atoms. The summed E-state index contributed by atoms with van der Waals surface area (Å²) >= 11 is 0. The van der Waals surface area contributed by atoms with Crippen LogP contribution >= 0.6 is 0 Å². The molecule has 0 heterocycles. The summed E-state index contributed by atoms with van der Waals surface area (Å²) in [7, 11) is 0. The molecule has 0 aliphatic carbocycles. The number of nitriles is 1. The molecule has 7 aromatic rings. The second kappa shape index (κ2) is 8.94. The third kappa shape index (κ3) is 3.55. The fraction of sp³-hybridized carbons (Fsp3) is 0. The molecule has 0 saturated carbocycles. The van der Waals surface area contributed by atoms with Gasteiger partial charge in [-0.1, -0.05) is 48.5 Å². The highest BCUT2D eigenvalue weighted by molar-refractivity contribution is 6.21. The van der Waals surface area contributed by atoms with Crippen molar-refractivity contribution in [3.8, 4) is 28.4 Å². The smallest absolute Gasteiger partial charge is 0.206 e. The molecular weight excluding hydrogens is 502 g/mol. The Morgan fingerprint density at radius 3 is 1.43 bits per heavy atom. The maximum atomic E-state index is 13.5. The molecule has 0 saturated heterocycles. The highest BCUT2D eigenvalue weighted by Gasteiger charge is 2.17. The van der Waals surface area contributed by atoms with E-state index in [9.17, 15) is 14.0 Å². The zero-order valence-electron chi connectivity index (χ0n) is 20.8. The zero-order chi connectivity index (χ0) is 27.4. The Morgan fingerprint density at radius 1 is 0.525 bits per heavy atom. The molecule has 0 unspecified atom stereocenters. The second-order valence-electron chi connectivity index (χ2n) is 9.59. The molecule has 0 radical (unpaired) electrons. The molecule has 4 nitrogen and oxygen atoms in total. The molecule has 0 aromatic heterocycles. The van der Waals surface area contributed by atoms with Crippen molar-refractivity contribution in [1.29, 1.82) is 5.26 Å². The van der Waals surface area contributed by atoms with E-state index in [1.807, 2.05) is 54.7 Å². The van der Waals surface area contributed by atoms with Gasteiger partial charge < -0.3 is 0 Å². The van der Waals surface area contributed by atoms with Gasteiger partial charge in [0.25, 0.3) is 0 Å². The van der Waals surface area contributed by atoms with Crippen molar-refractivity contribution in [3.63, 3.8) is 0 Å². The minimum absolute atomic E-state index is 0.304. The van der Waals surface area contributed by atoms with Gasteiger partial charge in [0.15, 0.2) is 5.36 Å². The molecule has 0 aliphatic heterocycles. The van der Waals surface area contributed by atoms with Crippen LogP contribution in [0.2, 0.25) is 0 Å². The lowest BCUT2D eigenvalue weighted by atomic mass is 10.0. The van der Waals surface area contributed by atoms with E-state index in [1.54, 1.807) is 24.3 Å². The molecule has 0 N–H and O–H groups in total. The minimum atomic E-state index is -0.305. The van der Waals surface area contributed by atoms with E-state index in [2.05, 4.69) is 15.0 Å². The van der Waals surface area contributed by atoms with Gasteiger partial charge in [0.05, 0.1) is 10.5 Å². The summed E-state index contributed by atoms with van der Waals surface area (Å²) in [6.45, 7) is 7.48. The highest BCUT2D eigenvalue weighted by Crippen LogP contribution is 2.35. The average molecular weight is 519 g/mol. The van der Waals surface area contributed by atoms with Crippen LogP contribution in [0.4, 0.5) is 8.78 Å². The van der Waals surface area contributed by atoms with Gasteiger partial charge in [0.1, 0.15) is 11.6 Å². The molecule has 6 heteroatoms. The van der Waals surface area contributed by atoms with Gasteiger partial charge >= 0.3 is 0 Å². The van der Waals surface area contributed by atoms with Crippen molar-refractivity contribution < 1.29 is 8.78 Å². The summed E-state index contributed by atoms with van der Waals surface area (Å²) in [6, 6.07) is 28.5. The number of benzene rings is 5. The summed E-state index contributed by atoms with van der Waals surface area (Å²) < 4.78 is 27.0. The van der Waals surface area contributed by atoms with E-state index in [0.29, 0.717) is 10.7 Å². The number of nitrogens with zero attached hydrogens (tertiary/aromatic N) is 4. The monoisotopic (exact) mass is 518 g/mol. The molecule has 0 amide bonds. The molecular formula is C34H16F2N4. The van der Waals surface area contributed by atoms with Crippen LogP contribution in [0, 0.1) is 29.7 Å². The lowest BCUT2D eigenvalue weighted by Crippen LogP contribution is -1.99. The van der Waals surface area contributed by atoms with E-state index < -0.39 is 0 Å². The molecule has 40 heavy (non-hydrogen) atoms. The van der Waals surface area contributed by atoms with Gasteiger partial charge in [-0.05, 0) is 92.3 Å². The summed E-state index contributed by atoms with van der Waals surface area (Å²) in [4.78, 5) is 7.56. The van der Waals surface area contributed by atoms with Gasteiger partial charge in [-0.2, -0.15) is 16.8 Å². The first-order valence-electron chi connectivity index (χ1n) is 12.5. The van der Waals surface area contributed by atoms with Gasteiger partial charge in [0, 0.05) is 21.5 Å². The summed E-state index contributed by atoms with van der Waals surface area (Å²) in [5, 5.41) is 21.8. The Kier molecular flexibility index (Phi) is 5.23. The molecule has 186 valence electrons. The van der Waals surface area contributed by atoms with Crippen molar-refractivity contribution in [3.05, 3.63) is 131 Å². The Morgan fingerprint density at radius 2 is 0.950 bits per heavy atom. The first-order valence-corrected chi connectivity index (χ1v) is 12.5. The van der Waals surface area contributed by atoms with Crippen LogP contribution in [-0.2, 0) is 0 Å². The maximum Gasteiger partial charge on any atom is 0.206 e. The molecule has 7 rings (SSSR count). The summed E-state index contributed by atoms with van der Waals surface area (Å²) in [6.07, 6.45) is 1.95. The third-order valence-electron chi connectivity index (χ3n) is 7.46. The zero-order valence-corrected chi connectivity index (χ0v) is 20.8. The number of hydrogen-bond acceptors (Lipinski definition) is 3. The number of rotatable bonds is 2. The predicted molar refractivity (Wildman–Crippen MR) is 153 cm³/mol. The van der Waals surface area contributed by atoms with Crippen molar-refractivity contribution in [2.75, 3.05) is 0 Å². The van der Waals surface area contributed by atoms with Gasteiger partial charge in [-0.3, -0.25) is 0 Å². The lowest BCUT2D eigenvalue weighted by molar-refractivity contribution is 0.627. The van der Waals surface area contributed by atoms with Gasteiger partial charge in [-0.15, -0.1) is 4.95 Å². The van der Waals surface area contributed by atoms with E-state index in [4.69, 9.17) is 6.57 Å². The Hall–Kier alpha value is -5.72. The van der Waals surface area contributed by atoms with Crippen LogP contribution in [0.15, 0.2) is 107 Å². The van der Waals surface area contributed by atoms with Crippen LogP contribution < -0.4 is 10.7 Å². The van der Waals surface area contributed by atoms with E-state index in [-0.39, 0.29) is 11.6 Å². The Balaban J connectivity index is 1.54. The largest absolute Gasteiger partial charge is 0.207 e. The van der Waals surface area contributed by atoms with E-state index in [0.717, 1.165) is 65.3 Å². The van der Waals surface area contributed by atoms with Crippen molar-refractivity contribution in [2.24, 2.45) is 10.1 Å². The van der Waals surface area contributed by atoms with Crippen LogP contribution in [0.1, 0.15) is 0 Å². The fourth-order valence-corrected chi connectivity index (χ4v) is 5.65. The van der Waals surface area contributed by atoms with Crippen molar-refractivity contribution in [1.82, 2.24) is 0 Å². The number of halogens is 2. The van der Waals surface area contributed by atoms with Crippen LogP contribution in [0.5, 0.6) is 0 Å². The first kappa shape index (κ1) is 23.4. The van der Waals surface area contributed by atoms with Crippen LogP contribution in [0.25, 0.3) is 70.3 Å². The average Bonchev–Trinajstić information content (AvgIpc) is 3.44. The van der Waals surface area contributed by atoms with Crippen LogP contribution in [0.3, 0.4) is 0 Å². The lowest BCUT2D eigenvalue weighted by Gasteiger charge is -2.02. The van der Waals surface area contributed by atoms with Crippen molar-refractivity contribution >= 4 is 43.1 Å². The summed E-state index contributed by atoms with van der Waals surface area (Å²) in [5.74, 6) is -0.609. The SMILES string of the molecule is [C-]#[N+]/N=c1/c2cc(-c3ccc(F)cc3)ccc2c2cc3c(=NC#N)c4cc(-c5ccc(F)cc5)ccc4c3cc12. The third-order valence-corrected chi connectivity index (χ3v) is 7.46.